The molecule has 9 heteroatoms. The number of hydrogen-bond donors (Lipinski definition) is 2. The zero-order valence-electron chi connectivity index (χ0n) is 12.5. The fraction of sp³-hybridized carbons (Fsp3) is 0. The van der Waals surface area contributed by atoms with Gasteiger partial charge in [-0.2, -0.15) is 10.2 Å². The normalized spacial score (nSPS) is 10.3. The number of carboxylic acid groups (broad SMARTS) is 1. The van der Waals surface area contributed by atoms with Gasteiger partial charge in [-0.3, -0.25) is 4.79 Å². The maximum atomic E-state index is 12.3. The molecule has 0 saturated carbocycles. The molecule has 0 unspecified atom stereocenters. The Morgan fingerprint density at radius 1 is 1.04 bits per heavy atom. The number of carboxylic acids is 1. The van der Waals surface area contributed by atoms with Crippen molar-refractivity contribution in [3.63, 3.8) is 0 Å². The number of nitrogens with zero attached hydrogens (tertiary/aromatic N) is 4. The molecular formula is C16H10BrN5O3. The maximum absolute atomic E-state index is 12.3. The van der Waals surface area contributed by atoms with E-state index in [-0.39, 0.29) is 16.9 Å². The summed E-state index contributed by atoms with van der Waals surface area (Å²) in [6.45, 7) is 0. The zero-order valence-corrected chi connectivity index (χ0v) is 14.1. The number of aromatic nitrogens is 4. The van der Waals surface area contributed by atoms with E-state index in [1.165, 1.54) is 30.6 Å². The lowest BCUT2D eigenvalue weighted by Crippen LogP contribution is -2.16. The highest BCUT2D eigenvalue weighted by Crippen LogP contribution is 2.22. The van der Waals surface area contributed by atoms with Crippen molar-refractivity contribution in [3.8, 4) is 11.3 Å². The van der Waals surface area contributed by atoms with Crippen LogP contribution in [0, 0.1) is 0 Å². The van der Waals surface area contributed by atoms with E-state index in [0.29, 0.717) is 10.2 Å². The van der Waals surface area contributed by atoms with Crippen LogP contribution in [0.3, 0.4) is 0 Å². The van der Waals surface area contributed by atoms with Crippen LogP contribution < -0.4 is 5.32 Å². The first-order valence-electron chi connectivity index (χ1n) is 6.99. The molecule has 0 atom stereocenters. The van der Waals surface area contributed by atoms with Crippen LogP contribution in [0.2, 0.25) is 0 Å². The molecule has 2 heterocycles. The summed E-state index contributed by atoms with van der Waals surface area (Å²) in [6.07, 6.45) is 3.06. The number of carbonyl (C=O) groups is 2. The summed E-state index contributed by atoms with van der Waals surface area (Å²) < 4.78 is 0.595. The molecule has 0 spiro atoms. The first kappa shape index (κ1) is 16.7. The van der Waals surface area contributed by atoms with Gasteiger partial charge in [0.25, 0.3) is 5.91 Å². The number of carbonyl (C=O) groups excluding carboxylic acids is 1. The number of nitrogens with one attached hydrogen (secondary N) is 1. The Balaban J connectivity index is 1.82. The summed E-state index contributed by atoms with van der Waals surface area (Å²) >= 11 is 3.20. The minimum Gasteiger partial charge on any atom is -0.478 e. The second-order valence-electron chi connectivity index (χ2n) is 4.88. The fourth-order valence-electron chi connectivity index (χ4n) is 2.04. The van der Waals surface area contributed by atoms with Gasteiger partial charge in [0, 0.05) is 10.0 Å². The molecule has 8 nitrogen and oxygen atoms in total. The first-order valence-corrected chi connectivity index (χ1v) is 7.79. The van der Waals surface area contributed by atoms with Crippen molar-refractivity contribution in [2.45, 2.75) is 0 Å². The Hall–Kier alpha value is -3.20. The van der Waals surface area contributed by atoms with Gasteiger partial charge in [-0.05, 0) is 36.4 Å². The van der Waals surface area contributed by atoms with Gasteiger partial charge in [0.05, 0.1) is 29.3 Å². The van der Waals surface area contributed by atoms with Crippen molar-refractivity contribution in [3.05, 3.63) is 64.5 Å². The highest BCUT2D eigenvalue weighted by molar-refractivity contribution is 9.10. The van der Waals surface area contributed by atoms with Crippen molar-refractivity contribution in [2.24, 2.45) is 0 Å². The standard InChI is InChI=1S/C16H10BrN5O3/c17-10-1-2-13(11(7-10)16(24)25)20-15(23)14-4-3-12(21-22-14)9-5-6-18-19-8-9/h1-8H,(H,20,23)(H,24,25). The van der Waals surface area contributed by atoms with E-state index >= 15 is 0 Å². The van der Waals surface area contributed by atoms with Gasteiger partial charge in [0.15, 0.2) is 5.69 Å². The van der Waals surface area contributed by atoms with Crippen LogP contribution in [0.15, 0.2) is 53.3 Å². The van der Waals surface area contributed by atoms with Crippen molar-refractivity contribution < 1.29 is 14.7 Å². The summed E-state index contributed by atoms with van der Waals surface area (Å²) in [5.41, 5.74) is 1.46. The molecule has 2 N–H and O–H groups in total. The van der Waals surface area contributed by atoms with E-state index in [2.05, 4.69) is 41.6 Å². The molecule has 0 bridgehead atoms. The lowest BCUT2D eigenvalue weighted by atomic mass is 10.1. The van der Waals surface area contributed by atoms with E-state index in [1.807, 2.05) is 0 Å². The van der Waals surface area contributed by atoms with E-state index in [9.17, 15) is 14.7 Å². The lowest BCUT2D eigenvalue weighted by Gasteiger charge is -2.08. The van der Waals surface area contributed by atoms with E-state index in [4.69, 9.17) is 0 Å². The summed E-state index contributed by atoms with van der Waals surface area (Å²) in [7, 11) is 0. The second-order valence-corrected chi connectivity index (χ2v) is 5.80. The smallest absolute Gasteiger partial charge is 0.337 e. The number of hydrogen-bond acceptors (Lipinski definition) is 6. The van der Waals surface area contributed by atoms with Crippen LogP contribution in [0.4, 0.5) is 5.69 Å². The van der Waals surface area contributed by atoms with E-state index < -0.39 is 11.9 Å². The number of amides is 1. The summed E-state index contributed by atoms with van der Waals surface area (Å²) in [4.78, 5) is 23.6. The van der Waals surface area contributed by atoms with Crippen molar-refractivity contribution >= 4 is 33.5 Å². The quantitative estimate of drug-likeness (QED) is 0.691. The Labute approximate surface area is 150 Å². The Kier molecular flexibility index (Phi) is 4.75. The van der Waals surface area contributed by atoms with Gasteiger partial charge >= 0.3 is 5.97 Å². The van der Waals surface area contributed by atoms with Gasteiger partial charge in [-0.1, -0.05) is 15.9 Å². The number of anilines is 1. The third-order valence-corrected chi connectivity index (χ3v) is 3.73. The molecule has 0 fully saturated rings. The fourth-order valence-corrected chi connectivity index (χ4v) is 2.40. The zero-order chi connectivity index (χ0) is 17.8. The molecule has 25 heavy (non-hydrogen) atoms. The minimum absolute atomic E-state index is 0.0323. The van der Waals surface area contributed by atoms with Crippen LogP contribution in [0.1, 0.15) is 20.8 Å². The predicted molar refractivity (Wildman–Crippen MR) is 92.1 cm³/mol. The average Bonchev–Trinajstić information content (AvgIpc) is 2.64. The van der Waals surface area contributed by atoms with Gasteiger partial charge in [-0.25, -0.2) is 4.79 Å². The topological polar surface area (TPSA) is 118 Å². The van der Waals surface area contributed by atoms with Crippen LogP contribution in [-0.4, -0.2) is 37.4 Å². The van der Waals surface area contributed by atoms with Crippen LogP contribution in [-0.2, 0) is 0 Å². The molecule has 3 rings (SSSR count). The number of benzene rings is 1. The molecule has 0 radical (unpaired) electrons. The van der Waals surface area contributed by atoms with Gasteiger partial charge in [-0.15, -0.1) is 10.2 Å². The molecule has 0 aliphatic carbocycles. The molecule has 0 aliphatic rings. The minimum atomic E-state index is -1.15. The number of halogens is 1. The molecular weight excluding hydrogens is 390 g/mol. The molecule has 0 saturated heterocycles. The highest BCUT2D eigenvalue weighted by Gasteiger charge is 2.15. The van der Waals surface area contributed by atoms with E-state index in [1.54, 1.807) is 18.2 Å². The summed E-state index contributed by atoms with van der Waals surface area (Å²) in [5, 5.41) is 27.0. The molecule has 124 valence electrons. The molecule has 2 aromatic heterocycles. The van der Waals surface area contributed by atoms with Crippen molar-refractivity contribution in [1.82, 2.24) is 20.4 Å². The SMILES string of the molecule is O=C(Nc1ccc(Br)cc1C(=O)O)c1ccc(-c2ccnnc2)nn1. The average molecular weight is 400 g/mol. The van der Waals surface area contributed by atoms with Gasteiger partial charge < -0.3 is 10.4 Å². The molecule has 1 aromatic carbocycles. The van der Waals surface area contributed by atoms with Crippen molar-refractivity contribution in [2.75, 3.05) is 5.32 Å². The highest BCUT2D eigenvalue weighted by atomic mass is 79.9. The third-order valence-electron chi connectivity index (χ3n) is 3.24. The first-order chi connectivity index (χ1) is 12.0. The van der Waals surface area contributed by atoms with Gasteiger partial charge in [0.2, 0.25) is 0 Å². The third kappa shape index (κ3) is 3.83. The molecule has 1 amide bonds. The second kappa shape index (κ2) is 7.14. The van der Waals surface area contributed by atoms with E-state index in [0.717, 1.165) is 5.56 Å². The van der Waals surface area contributed by atoms with Crippen LogP contribution in [0.5, 0.6) is 0 Å². The predicted octanol–water partition coefficient (Wildman–Crippen LogP) is 2.65. The Bertz CT molecular complexity index is 932. The Morgan fingerprint density at radius 3 is 2.52 bits per heavy atom. The Morgan fingerprint density at radius 2 is 1.88 bits per heavy atom. The van der Waals surface area contributed by atoms with Gasteiger partial charge in [0.1, 0.15) is 0 Å². The number of aromatic carboxylic acids is 1. The number of rotatable bonds is 4. The molecule has 0 aliphatic heterocycles. The van der Waals surface area contributed by atoms with Crippen molar-refractivity contribution in [1.29, 1.82) is 0 Å². The maximum Gasteiger partial charge on any atom is 0.337 e. The lowest BCUT2D eigenvalue weighted by molar-refractivity contribution is 0.0698. The summed E-state index contributed by atoms with van der Waals surface area (Å²) in [6, 6.07) is 9.38. The molecule has 3 aromatic rings. The monoisotopic (exact) mass is 399 g/mol. The van der Waals surface area contributed by atoms with Crippen LogP contribution >= 0.6 is 15.9 Å². The largest absolute Gasteiger partial charge is 0.478 e. The van der Waals surface area contributed by atoms with Crippen LogP contribution in [0.25, 0.3) is 11.3 Å². The summed E-state index contributed by atoms with van der Waals surface area (Å²) in [5.74, 6) is -1.71.